The van der Waals surface area contributed by atoms with Gasteiger partial charge in [-0.3, -0.25) is 14.9 Å². The molecule has 8 heteroatoms. The standard InChI is InChI=1S/C17H26N4O4/c1-12(2)9-18-17(24)20-16(23)11-21(3)10-15(22)19-13-6-5-7-14(8-13)25-4/h5-8,12H,9-11H2,1-4H3,(H,19,22)(H2,18,20,23,24)/p+1. The van der Waals surface area contributed by atoms with Gasteiger partial charge in [0.15, 0.2) is 13.1 Å². The highest BCUT2D eigenvalue weighted by molar-refractivity contribution is 5.95. The first-order valence-electron chi connectivity index (χ1n) is 8.13. The molecule has 0 aliphatic heterocycles. The number of imide groups is 1. The van der Waals surface area contributed by atoms with Crippen molar-refractivity contribution in [1.29, 1.82) is 0 Å². The minimum atomic E-state index is -0.521. The second kappa shape index (κ2) is 10.3. The summed E-state index contributed by atoms with van der Waals surface area (Å²) in [6, 6.07) is 6.49. The van der Waals surface area contributed by atoms with Crippen molar-refractivity contribution in [2.24, 2.45) is 5.92 Å². The van der Waals surface area contributed by atoms with Gasteiger partial charge < -0.3 is 20.3 Å². The van der Waals surface area contributed by atoms with Gasteiger partial charge in [-0.15, -0.1) is 0 Å². The van der Waals surface area contributed by atoms with E-state index in [1.54, 1.807) is 38.4 Å². The number of hydrogen-bond acceptors (Lipinski definition) is 4. The average molecular weight is 351 g/mol. The van der Waals surface area contributed by atoms with Crippen LogP contribution in [0.15, 0.2) is 24.3 Å². The van der Waals surface area contributed by atoms with Crippen molar-refractivity contribution >= 4 is 23.5 Å². The average Bonchev–Trinajstić information content (AvgIpc) is 2.52. The van der Waals surface area contributed by atoms with E-state index in [2.05, 4.69) is 16.0 Å². The zero-order valence-electron chi connectivity index (χ0n) is 15.1. The Balaban J connectivity index is 2.37. The van der Waals surface area contributed by atoms with Gasteiger partial charge >= 0.3 is 6.03 Å². The number of nitrogens with one attached hydrogen (secondary N) is 4. The van der Waals surface area contributed by atoms with Gasteiger partial charge in [0.05, 0.1) is 14.2 Å². The Bertz CT molecular complexity index is 604. The summed E-state index contributed by atoms with van der Waals surface area (Å²) in [6.45, 7) is 4.52. The highest BCUT2D eigenvalue weighted by Gasteiger charge is 2.16. The van der Waals surface area contributed by atoms with Crippen molar-refractivity contribution < 1.29 is 24.0 Å². The molecule has 0 bridgehead atoms. The van der Waals surface area contributed by atoms with Crippen LogP contribution >= 0.6 is 0 Å². The predicted octanol–water partition coefficient (Wildman–Crippen LogP) is -0.370. The molecule has 0 spiro atoms. The lowest BCUT2D eigenvalue weighted by Gasteiger charge is -2.14. The topological polar surface area (TPSA) is 101 Å². The first-order valence-corrected chi connectivity index (χ1v) is 8.13. The van der Waals surface area contributed by atoms with E-state index in [9.17, 15) is 14.4 Å². The Kier molecular flexibility index (Phi) is 8.42. The van der Waals surface area contributed by atoms with Crippen LogP contribution in [0.25, 0.3) is 0 Å². The number of urea groups is 1. The molecule has 1 unspecified atom stereocenters. The van der Waals surface area contributed by atoms with Gasteiger partial charge in [0.25, 0.3) is 11.8 Å². The predicted molar refractivity (Wildman–Crippen MR) is 94.6 cm³/mol. The lowest BCUT2D eigenvalue weighted by atomic mass is 10.2. The fourth-order valence-corrected chi connectivity index (χ4v) is 2.03. The molecule has 0 heterocycles. The van der Waals surface area contributed by atoms with E-state index in [4.69, 9.17) is 4.74 Å². The Morgan fingerprint density at radius 3 is 2.48 bits per heavy atom. The third-order valence-corrected chi connectivity index (χ3v) is 3.20. The smallest absolute Gasteiger partial charge is 0.321 e. The van der Waals surface area contributed by atoms with Gasteiger partial charge in [-0.2, -0.15) is 0 Å². The molecule has 0 fully saturated rings. The lowest BCUT2D eigenvalue weighted by molar-refractivity contribution is -0.862. The lowest BCUT2D eigenvalue weighted by Crippen LogP contribution is -3.11. The second-order valence-corrected chi connectivity index (χ2v) is 6.24. The van der Waals surface area contributed by atoms with Crippen LogP contribution in [0, 0.1) is 5.92 Å². The van der Waals surface area contributed by atoms with Gasteiger partial charge in [-0.1, -0.05) is 19.9 Å². The molecule has 0 radical (unpaired) electrons. The second-order valence-electron chi connectivity index (χ2n) is 6.24. The molecule has 4 amide bonds. The van der Waals surface area contributed by atoms with Crippen molar-refractivity contribution in [3.8, 4) is 5.75 Å². The largest absolute Gasteiger partial charge is 0.497 e. The van der Waals surface area contributed by atoms with E-state index >= 15 is 0 Å². The Morgan fingerprint density at radius 1 is 1.16 bits per heavy atom. The molecule has 4 N–H and O–H groups in total. The van der Waals surface area contributed by atoms with E-state index in [1.807, 2.05) is 13.8 Å². The number of carbonyl (C=O) groups is 3. The number of anilines is 1. The molecule has 1 rings (SSSR count). The number of ether oxygens (including phenoxy) is 1. The molecule has 0 aromatic heterocycles. The summed E-state index contributed by atoms with van der Waals surface area (Å²) in [6.07, 6.45) is 0. The molecule has 1 atom stereocenters. The number of methoxy groups -OCH3 is 1. The van der Waals surface area contributed by atoms with Crippen LogP contribution in [0.1, 0.15) is 13.8 Å². The number of hydrogen-bond donors (Lipinski definition) is 4. The molecule has 0 aliphatic carbocycles. The molecule has 8 nitrogen and oxygen atoms in total. The molecule has 1 aromatic carbocycles. The maximum absolute atomic E-state index is 12.0. The normalized spacial score (nSPS) is 11.6. The zero-order chi connectivity index (χ0) is 18.8. The molecule has 138 valence electrons. The highest BCUT2D eigenvalue weighted by Crippen LogP contribution is 2.16. The highest BCUT2D eigenvalue weighted by atomic mass is 16.5. The molecule has 1 aromatic rings. The fourth-order valence-electron chi connectivity index (χ4n) is 2.03. The van der Waals surface area contributed by atoms with Gasteiger partial charge in [0.1, 0.15) is 5.75 Å². The van der Waals surface area contributed by atoms with Gasteiger partial charge in [0, 0.05) is 18.3 Å². The van der Waals surface area contributed by atoms with Crippen molar-refractivity contribution in [2.75, 3.05) is 39.1 Å². The van der Waals surface area contributed by atoms with E-state index in [-0.39, 0.29) is 19.0 Å². The summed E-state index contributed by atoms with van der Waals surface area (Å²) in [5.74, 6) is 0.274. The number of benzene rings is 1. The number of likely N-dealkylation sites (N-methyl/N-ethyl adjacent to an activating group) is 1. The molecular weight excluding hydrogens is 324 g/mol. The first kappa shape index (κ1) is 20.4. The number of carbonyl (C=O) groups excluding carboxylic acids is 3. The Labute approximate surface area is 147 Å². The van der Waals surface area contributed by atoms with Crippen LogP contribution in [0.3, 0.4) is 0 Å². The van der Waals surface area contributed by atoms with Crippen LogP contribution in [0.2, 0.25) is 0 Å². The zero-order valence-corrected chi connectivity index (χ0v) is 15.1. The van der Waals surface area contributed by atoms with Crippen LogP contribution in [0.4, 0.5) is 10.5 Å². The monoisotopic (exact) mass is 351 g/mol. The van der Waals surface area contributed by atoms with Crippen LogP contribution in [0.5, 0.6) is 5.75 Å². The summed E-state index contributed by atoms with van der Waals surface area (Å²) in [4.78, 5) is 36.0. The molecular formula is C17H27N4O4+. The first-order chi connectivity index (χ1) is 11.8. The van der Waals surface area contributed by atoms with Crippen LogP contribution < -0.4 is 25.6 Å². The summed E-state index contributed by atoms with van der Waals surface area (Å²) >= 11 is 0. The quantitative estimate of drug-likeness (QED) is 0.513. The fraction of sp³-hybridized carbons (Fsp3) is 0.471. The van der Waals surface area contributed by atoms with Gasteiger partial charge in [-0.25, -0.2) is 4.79 Å². The summed E-state index contributed by atoms with van der Waals surface area (Å²) in [7, 11) is 3.26. The molecule has 0 saturated heterocycles. The van der Waals surface area contributed by atoms with E-state index in [1.165, 1.54) is 0 Å². The van der Waals surface area contributed by atoms with Crippen LogP contribution in [-0.2, 0) is 9.59 Å². The minimum absolute atomic E-state index is 0.0145. The van der Waals surface area contributed by atoms with Crippen LogP contribution in [-0.4, -0.2) is 51.6 Å². The van der Waals surface area contributed by atoms with Crippen molar-refractivity contribution in [3.05, 3.63) is 24.3 Å². The number of rotatable bonds is 8. The third-order valence-electron chi connectivity index (χ3n) is 3.20. The molecule has 25 heavy (non-hydrogen) atoms. The minimum Gasteiger partial charge on any atom is -0.497 e. The Hall–Kier alpha value is -2.61. The number of amides is 4. The van der Waals surface area contributed by atoms with E-state index < -0.39 is 11.9 Å². The van der Waals surface area contributed by atoms with Crippen molar-refractivity contribution in [1.82, 2.24) is 10.6 Å². The summed E-state index contributed by atoms with van der Waals surface area (Å²) in [5, 5.41) is 7.59. The maximum Gasteiger partial charge on any atom is 0.321 e. The summed E-state index contributed by atoms with van der Waals surface area (Å²) in [5.41, 5.74) is 0.620. The Morgan fingerprint density at radius 2 is 1.84 bits per heavy atom. The van der Waals surface area contributed by atoms with E-state index in [0.717, 1.165) is 0 Å². The van der Waals surface area contributed by atoms with Crippen molar-refractivity contribution in [3.63, 3.8) is 0 Å². The number of quaternary nitrogens is 1. The molecule has 0 aliphatic rings. The van der Waals surface area contributed by atoms with E-state index in [0.29, 0.717) is 28.8 Å². The third kappa shape index (κ3) is 8.71. The molecule has 0 saturated carbocycles. The summed E-state index contributed by atoms with van der Waals surface area (Å²) < 4.78 is 5.09. The SMILES string of the molecule is COc1cccc(NC(=O)C[NH+](C)CC(=O)NC(=O)NCC(C)C)c1. The maximum atomic E-state index is 12.0. The van der Waals surface area contributed by atoms with Crippen molar-refractivity contribution in [2.45, 2.75) is 13.8 Å². The van der Waals surface area contributed by atoms with Gasteiger partial charge in [0.2, 0.25) is 0 Å². The van der Waals surface area contributed by atoms with Gasteiger partial charge in [-0.05, 0) is 18.1 Å².